The van der Waals surface area contributed by atoms with E-state index in [1.807, 2.05) is 6.92 Å². The molecule has 3 heteroatoms. The maximum Gasteiger partial charge on any atom is 0.237 e. The van der Waals surface area contributed by atoms with Crippen molar-refractivity contribution in [2.75, 3.05) is 0 Å². The van der Waals surface area contributed by atoms with Crippen LogP contribution in [0.4, 0.5) is 0 Å². The van der Waals surface area contributed by atoms with Gasteiger partial charge in [-0.2, -0.15) is 0 Å². The fraction of sp³-hybridized carbons (Fsp3) is 0.933. The van der Waals surface area contributed by atoms with Crippen LogP contribution in [0.3, 0.4) is 0 Å². The van der Waals surface area contributed by atoms with Gasteiger partial charge in [0, 0.05) is 12.1 Å². The van der Waals surface area contributed by atoms with Crippen LogP contribution in [0.25, 0.3) is 0 Å². The molecular formula is C15H28N2O. The molecule has 3 atom stereocenters. The molecule has 0 aliphatic heterocycles. The molecule has 0 heterocycles. The molecule has 2 aliphatic rings. The number of rotatable bonds is 4. The van der Waals surface area contributed by atoms with Crippen molar-refractivity contribution < 1.29 is 4.79 Å². The van der Waals surface area contributed by atoms with Crippen LogP contribution in [-0.4, -0.2) is 24.0 Å². The van der Waals surface area contributed by atoms with Crippen molar-refractivity contribution in [3.8, 4) is 0 Å². The van der Waals surface area contributed by atoms with Crippen molar-refractivity contribution >= 4 is 5.91 Å². The molecule has 2 saturated carbocycles. The maximum absolute atomic E-state index is 12.1. The van der Waals surface area contributed by atoms with Gasteiger partial charge in [0.1, 0.15) is 0 Å². The lowest BCUT2D eigenvalue weighted by molar-refractivity contribution is -0.123. The Morgan fingerprint density at radius 3 is 2.39 bits per heavy atom. The second kappa shape index (κ2) is 6.55. The van der Waals surface area contributed by atoms with E-state index in [-0.39, 0.29) is 11.9 Å². The largest absolute Gasteiger partial charge is 0.352 e. The lowest BCUT2D eigenvalue weighted by Crippen LogP contribution is -2.49. The molecular weight excluding hydrogens is 224 g/mol. The monoisotopic (exact) mass is 252 g/mol. The second-order valence-electron chi connectivity index (χ2n) is 6.35. The minimum Gasteiger partial charge on any atom is -0.352 e. The van der Waals surface area contributed by atoms with Crippen molar-refractivity contribution in [2.45, 2.75) is 83.3 Å². The predicted octanol–water partition coefficient (Wildman–Crippen LogP) is 2.60. The van der Waals surface area contributed by atoms with E-state index in [2.05, 4.69) is 17.6 Å². The summed E-state index contributed by atoms with van der Waals surface area (Å²) in [5, 5.41) is 6.69. The van der Waals surface area contributed by atoms with Crippen LogP contribution >= 0.6 is 0 Å². The van der Waals surface area contributed by atoms with Gasteiger partial charge in [-0.3, -0.25) is 4.79 Å². The number of nitrogens with one attached hydrogen (secondary N) is 2. The number of hydrogen-bond donors (Lipinski definition) is 2. The molecule has 3 unspecified atom stereocenters. The van der Waals surface area contributed by atoms with E-state index in [1.54, 1.807) is 0 Å². The fourth-order valence-corrected chi connectivity index (χ4v) is 3.36. The van der Waals surface area contributed by atoms with Gasteiger partial charge in [0.25, 0.3) is 0 Å². The van der Waals surface area contributed by atoms with Crippen LogP contribution in [0.15, 0.2) is 0 Å². The Labute approximate surface area is 111 Å². The SMILES string of the molecule is CC1CCC(NC(C)C(=O)NC2CCCCC2)C1. The molecule has 2 aliphatic carbocycles. The number of amides is 1. The summed E-state index contributed by atoms with van der Waals surface area (Å²) in [5.41, 5.74) is 0. The van der Waals surface area contributed by atoms with Crippen molar-refractivity contribution in [1.29, 1.82) is 0 Å². The van der Waals surface area contributed by atoms with Gasteiger partial charge in [-0.1, -0.05) is 26.2 Å². The molecule has 0 bridgehead atoms. The molecule has 104 valence electrons. The van der Waals surface area contributed by atoms with E-state index in [0.717, 1.165) is 5.92 Å². The van der Waals surface area contributed by atoms with Gasteiger partial charge in [-0.05, 0) is 44.9 Å². The van der Waals surface area contributed by atoms with Crippen molar-refractivity contribution in [1.82, 2.24) is 10.6 Å². The molecule has 0 radical (unpaired) electrons. The van der Waals surface area contributed by atoms with E-state index in [9.17, 15) is 4.79 Å². The summed E-state index contributed by atoms with van der Waals surface area (Å²) in [6.07, 6.45) is 9.95. The quantitative estimate of drug-likeness (QED) is 0.807. The third-order valence-electron chi connectivity index (χ3n) is 4.53. The van der Waals surface area contributed by atoms with Crippen LogP contribution in [-0.2, 0) is 4.79 Å². The first-order chi connectivity index (χ1) is 8.65. The summed E-state index contributed by atoms with van der Waals surface area (Å²) in [5.74, 6) is 1.01. The molecule has 1 amide bonds. The summed E-state index contributed by atoms with van der Waals surface area (Å²) in [6, 6.07) is 0.937. The molecule has 2 rings (SSSR count). The van der Waals surface area contributed by atoms with Crippen LogP contribution in [0.5, 0.6) is 0 Å². The highest BCUT2D eigenvalue weighted by Crippen LogP contribution is 2.25. The summed E-state index contributed by atoms with van der Waals surface area (Å²) < 4.78 is 0. The predicted molar refractivity (Wildman–Crippen MR) is 74.4 cm³/mol. The minimum absolute atomic E-state index is 0.0396. The highest BCUT2D eigenvalue weighted by atomic mass is 16.2. The number of carbonyl (C=O) groups excluding carboxylic acids is 1. The number of carbonyl (C=O) groups is 1. The van der Waals surface area contributed by atoms with Crippen LogP contribution in [0, 0.1) is 5.92 Å². The normalized spacial score (nSPS) is 31.2. The lowest BCUT2D eigenvalue weighted by atomic mass is 9.95. The average molecular weight is 252 g/mol. The van der Waals surface area contributed by atoms with Gasteiger partial charge in [0.05, 0.1) is 6.04 Å². The topological polar surface area (TPSA) is 41.1 Å². The highest BCUT2D eigenvalue weighted by Gasteiger charge is 2.25. The molecule has 18 heavy (non-hydrogen) atoms. The second-order valence-corrected chi connectivity index (χ2v) is 6.35. The van der Waals surface area contributed by atoms with Crippen molar-refractivity contribution in [3.05, 3.63) is 0 Å². The van der Waals surface area contributed by atoms with Gasteiger partial charge < -0.3 is 10.6 Å². The summed E-state index contributed by atoms with van der Waals surface area (Å²) >= 11 is 0. The summed E-state index contributed by atoms with van der Waals surface area (Å²) in [7, 11) is 0. The molecule has 0 aromatic rings. The smallest absolute Gasteiger partial charge is 0.237 e. The summed E-state index contributed by atoms with van der Waals surface area (Å²) in [6.45, 7) is 4.30. The van der Waals surface area contributed by atoms with Crippen molar-refractivity contribution in [3.63, 3.8) is 0 Å². The van der Waals surface area contributed by atoms with E-state index in [4.69, 9.17) is 0 Å². The molecule has 3 nitrogen and oxygen atoms in total. The first-order valence-electron chi connectivity index (χ1n) is 7.71. The maximum atomic E-state index is 12.1. The molecule has 0 spiro atoms. The molecule has 2 fully saturated rings. The average Bonchev–Trinajstić information content (AvgIpc) is 2.76. The van der Waals surface area contributed by atoms with Crippen molar-refractivity contribution in [2.24, 2.45) is 5.92 Å². The van der Waals surface area contributed by atoms with Gasteiger partial charge >= 0.3 is 0 Å². The van der Waals surface area contributed by atoms with Gasteiger partial charge in [-0.15, -0.1) is 0 Å². The van der Waals surface area contributed by atoms with E-state index < -0.39 is 0 Å². The van der Waals surface area contributed by atoms with Gasteiger partial charge in [0.15, 0.2) is 0 Å². The molecule has 0 aromatic heterocycles. The zero-order valence-corrected chi connectivity index (χ0v) is 11.9. The molecule has 2 N–H and O–H groups in total. The highest BCUT2D eigenvalue weighted by molar-refractivity contribution is 5.81. The minimum atomic E-state index is -0.0396. The Morgan fingerprint density at radius 2 is 1.78 bits per heavy atom. The standard InChI is InChI=1S/C15H28N2O/c1-11-8-9-14(10-11)16-12(2)15(18)17-13-6-4-3-5-7-13/h11-14,16H,3-10H2,1-2H3,(H,17,18). The van der Waals surface area contributed by atoms with Gasteiger partial charge in [0.2, 0.25) is 5.91 Å². The van der Waals surface area contributed by atoms with Crippen LogP contribution in [0.2, 0.25) is 0 Å². The Bertz CT molecular complexity index is 274. The lowest BCUT2D eigenvalue weighted by Gasteiger charge is -2.26. The van der Waals surface area contributed by atoms with Gasteiger partial charge in [-0.25, -0.2) is 0 Å². The zero-order chi connectivity index (χ0) is 13.0. The third-order valence-corrected chi connectivity index (χ3v) is 4.53. The van der Waals surface area contributed by atoms with E-state index in [0.29, 0.717) is 12.1 Å². The Morgan fingerprint density at radius 1 is 1.06 bits per heavy atom. The first kappa shape index (κ1) is 13.9. The number of hydrogen-bond acceptors (Lipinski definition) is 2. The van der Waals surface area contributed by atoms with E-state index >= 15 is 0 Å². The Kier molecular flexibility index (Phi) is 5.04. The van der Waals surface area contributed by atoms with Crippen LogP contribution in [0.1, 0.15) is 65.2 Å². The van der Waals surface area contributed by atoms with E-state index in [1.165, 1.54) is 51.4 Å². The van der Waals surface area contributed by atoms with Crippen LogP contribution < -0.4 is 10.6 Å². The Hall–Kier alpha value is -0.570. The zero-order valence-electron chi connectivity index (χ0n) is 11.9. The molecule has 0 aromatic carbocycles. The fourth-order valence-electron chi connectivity index (χ4n) is 3.36. The third kappa shape index (κ3) is 3.98. The Balaban J connectivity index is 1.70. The summed E-state index contributed by atoms with van der Waals surface area (Å²) in [4.78, 5) is 12.1. The first-order valence-corrected chi connectivity index (χ1v) is 7.71. The molecule has 0 saturated heterocycles.